The summed E-state index contributed by atoms with van der Waals surface area (Å²) in [5.41, 5.74) is 3.83. The lowest BCUT2D eigenvalue weighted by Crippen LogP contribution is -2.21. The predicted molar refractivity (Wildman–Crippen MR) is 117 cm³/mol. The number of hydrogen-bond acceptors (Lipinski definition) is 8. The first kappa shape index (κ1) is 21.9. The van der Waals surface area contributed by atoms with Crippen molar-refractivity contribution in [3.05, 3.63) is 72.1 Å². The van der Waals surface area contributed by atoms with Crippen LogP contribution in [0.3, 0.4) is 0 Å². The van der Waals surface area contributed by atoms with Crippen LogP contribution in [0.15, 0.2) is 64.5 Å². The third-order valence-electron chi connectivity index (χ3n) is 4.98. The molecule has 2 atom stereocenters. The van der Waals surface area contributed by atoms with Crippen molar-refractivity contribution >= 4 is 23.6 Å². The number of carbonyl (C=O) groups excluding carboxylic acids is 2. The number of benzene rings is 1. The molecule has 0 saturated carbocycles. The maximum atomic E-state index is 11.6. The fraction of sp³-hybridized carbons (Fsp3) is 0.304. The standard InChI is InChI=1S/C23H23N3O5S/c1-15(32-21-4-2-3-10-24-21)12-20-19(25-14-30-20)9-11-29-17-7-5-16(6-8-17)13-18-22(27)26-31-23(18)28/h2-8,10,14-15,18H,9,11-13H2,1H3,(H,26,27). The molecule has 2 unspecified atom stereocenters. The Bertz CT molecular complexity index is 1040. The summed E-state index contributed by atoms with van der Waals surface area (Å²) in [5, 5.41) is 1.28. The summed E-state index contributed by atoms with van der Waals surface area (Å²) in [7, 11) is 0. The molecule has 32 heavy (non-hydrogen) atoms. The van der Waals surface area contributed by atoms with Crippen LogP contribution < -0.4 is 10.2 Å². The third kappa shape index (κ3) is 5.67. The minimum atomic E-state index is -0.800. The maximum Gasteiger partial charge on any atom is 0.345 e. The number of ether oxygens (including phenoxy) is 1. The van der Waals surface area contributed by atoms with Gasteiger partial charge >= 0.3 is 5.97 Å². The fourth-order valence-electron chi connectivity index (χ4n) is 3.34. The normalized spacial score (nSPS) is 16.5. The third-order valence-corrected chi connectivity index (χ3v) is 6.03. The largest absolute Gasteiger partial charge is 0.493 e. The first-order chi connectivity index (χ1) is 15.6. The highest BCUT2D eigenvalue weighted by Gasteiger charge is 2.35. The molecule has 2 aromatic heterocycles. The Hall–Kier alpha value is -3.33. The zero-order valence-electron chi connectivity index (χ0n) is 17.5. The fourth-order valence-corrected chi connectivity index (χ4v) is 4.26. The Balaban J connectivity index is 1.25. The Labute approximate surface area is 189 Å². The molecule has 1 saturated heterocycles. The molecule has 4 rings (SSSR count). The van der Waals surface area contributed by atoms with E-state index in [9.17, 15) is 9.59 Å². The highest BCUT2D eigenvalue weighted by molar-refractivity contribution is 7.99. The van der Waals surface area contributed by atoms with Gasteiger partial charge in [-0.2, -0.15) is 5.48 Å². The number of nitrogens with one attached hydrogen (secondary N) is 1. The number of pyridine rings is 1. The van der Waals surface area contributed by atoms with E-state index in [-0.39, 0.29) is 0 Å². The van der Waals surface area contributed by atoms with Gasteiger partial charge in [0.15, 0.2) is 6.39 Å². The van der Waals surface area contributed by atoms with Gasteiger partial charge in [0.2, 0.25) is 0 Å². The van der Waals surface area contributed by atoms with Crippen molar-refractivity contribution in [2.75, 3.05) is 6.61 Å². The molecule has 9 heteroatoms. The number of rotatable bonds is 10. The zero-order chi connectivity index (χ0) is 22.3. The molecule has 0 radical (unpaired) electrons. The Morgan fingerprint density at radius 3 is 2.72 bits per heavy atom. The number of carbonyl (C=O) groups is 2. The highest BCUT2D eigenvalue weighted by atomic mass is 32.2. The SMILES string of the molecule is CC(Cc1ocnc1CCOc1ccc(CC2C(=O)NOC2=O)cc1)Sc1ccccn1. The van der Waals surface area contributed by atoms with Crippen molar-refractivity contribution in [3.8, 4) is 5.75 Å². The first-order valence-electron chi connectivity index (χ1n) is 10.3. The van der Waals surface area contributed by atoms with Gasteiger partial charge in [0.1, 0.15) is 17.4 Å². The smallest absolute Gasteiger partial charge is 0.345 e. The Morgan fingerprint density at radius 2 is 2.00 bits per heavy atom. The molecule has 3 heterocycles. The monoisotopic (exact) mass is 453 g/mol. The van der Waals surface area contributed by atoms with E-state index < -0.39 is 17.8 Å². The first-order valence-corrected chi connectivity index (χ1v) is 11.2. The minimum absolute atomic E-state index is 0.294. The van der Waals surface area contributed by atoms with E-state index in [1.807, 2.05) is 42.5 Å². The van der Waals surface area contributed by atoms with Crippen LogP contribution in [0.4, 0.5) is 0 Å². The molecule has 8 nitrogen and oxygen atoms in total. The molecule has 1 aliphatic heterocycles. The van der Waals surface area contributed by atoms with Gasteiger partial charge in [0.25, 0.3) is 5.91 Å². The molecular weight excluding hydrogens is 430 g/mol. The summed E-state index contributed by atoms with van der Waals surface area (Å²) in [6, 6.07) is 13.2. The van der Waals surface area contributed by atoms with E-state index in [4.69, 9.17) is 9.15 Å². The second-order valence-corrected chi connectivity index (χ2v) is 8.87. The summed E-state index contributed by atoms with van der Waals surface area (Å²) < 4.78 is 11.4. The van der Waals surface area contributed by atoms with E-state index >= 15 is 0 Å². The average molecular weight is 454 g/mol. The molecule has 0 aliphatic carbocycles. The van der Waals surface area contributed by atoms with Gasteiger partial charge < -0.3 is 14.0 Å². The lowest BCUT2D eigenvalue weighted by Gasteiger charge is -2.10. The number of thioether (sulfide) groups is 1. The van der Waals surface area contributed by atoms with Crippen molar-refractivity contribution in [1.29, 1.82) is 0 Å². The molecule has 1 aromatic carbocycles. The molecule has 1 aliphatic rings. The van der Waals surface area contributed by atoms with Gasteiger partial charge in [-0.25, -0.2) is 14.8 Å². The van der Waals surface area contributed by atoms with Crippen LogP contribution in [0.5, 0.6) is 5.75 Å². The number of hydroxylamine groups is 1. The van der Waals surface area contributed by atoms with Crippen molar-refractivity contribution in [3.63, 3.8) is 0 Å². The van der Waals surface area contributed by atoms with Crippen LogP contribution in [0.1, 0.15) is 23.9 Å². The highest BCUT2D eigenvalue weighted by Crippen LogP contribution is 2.25. The quantitative estimate of drug-likeness (QED) is 0.369. The average Bonchev–Trinajstić information content (AvgIpc) is 3.36. The zero-order valence-corrected chi connectivity index (χ0v) is 18.3. The number of nitrogens with zero attached hydrogens (tertiary/aromatic N) is 2. The summed E-state index contributed by atoms with van der Waals surface area (Å²) in [6.07, 6.45) is 4.94. The van der Waals surface area contributed by atoms with Crippen molar-refractivity contribution < 1.29 is 23.6 Å². The van der Waals surface area contributed by atoms with E-state index in [1.54, 1.807) is 18.0 Å². The second kappa shape index (κ2) is 10.3. The predicted octanol–water partition coefficient (Wildman–Crippen LogP) is 3.16. The van der Waals surface area contributed by atoms with E-state index in [2.05, 4.69) is 27.2 Å². The molecule has 1 N–H and O–H groups in total. The van der Waals surface area contributed by atoms with Crippen LogP contribution in [0.25, 0.3) is 0 Å². The van der Waals surface area contributed by atoms with Crippen molar-refractivity contribution in [1.82, 2.24) is 15.4 Å². The Morgan fingerprint density at radius 1 is 1.16 bits per heavy atom. The minimum Gasteiger partial charge on any atom is -0.493 e. The topological polar surface area (TPSA) is 104 Å². The second-order valence-electron chi connectivity index (χ2n) is 7.41. The van der Waals surface area contributed by atoms with E-state index in [1.165, 1.54) is 6.39 Å². The van der Waals surface area contributed by atoms with Gasteiger partial charge in [0, 0.05) is 24.3 Å². The molecule has 1 fully saturated rings. The van der Waals surface area contributed by atoms with E-state index in [0.717, 1.165) is 28.5 Å². The van der Waals surface area contributed by atoms with Gasteiger partial charge in [-0.05, 0) is 36.2 Å². The number of oxazole rings is 1. The van der Waals surface area contributed by atoms with Crippen LogP contribution in [0.2, 0.25) is 0 Å². The van der Waals surface area contributed by atoms with Crippen LogP contribution in [0, 0.1) is 5.92 Å². The number of hydrogen-bond donors (Lipinski definition) is 1. The molecule has 1 amide bonds. The summed E-state index contributed by atoms with van der Waals surface area (Å²) in [6.45, 7) is 2.59. The van der Waals surface area contributed by atoms with Gasteiger partial charge in [-0.3, -0.25) is 4.79 Å². The lowest BCUT2D eigenvalue weighted by atomic mass is 9.99. The summed E-state index contributed by atoms with van der Waals surface area (Å²) in [4.78, 5) is 36.4. The summed E-state index contributed by atoms with van der Waals surface area (Å²) in [5.74, 6) is -0.193. The van der Waals surface area contributed by atoms with Crippen LogP contribution in [-0.2, 0) is 33.7 Å². The summed E-state index contributed by atoms with van der Waals surface area (Å²) >= 11 is 1.70. The van der Waals surface area contributed by atoms with Gasteiger partial charge in [0.05, 0.1) is 17.3 Å². The van der Waals surface area contributed by atoms with Gasteiger partial charge in [-0.15, -0.1) is 11.8 Å². The molecule has 3 aromatic rings. The molecule has 166 valence electrons. The van der Waals surface area contributed by atoms with Crippen LogP contribution in [-0.4, -0.2) is 33.7 Å². The van der Waals surface area contributed by atoms with Crippen molar-refractivity contribution in [2.45, 2.75) is 36.5 Å². The van der Waals surface area contributed by atoms with Gasteiger partial charge in [-0.1, -0.05) is 25.1 Å². The maximum absolute atomic E-state index is 11.6. The van der Waals surface area contributed by atoms with Crippen LogP contribution >= 0.6 is 11.8 Å². The number of amides is 1. The molecule has 0 bridgehead atoms. The van der Waals surface area contributed by atoms with Crippen molar-refractivity contribution in [2.24, 2.45) is 5.92 Å². The molecular formula is C23H23N3O5S. The Kier molecular flexibility index (Phi) is 7.06. The number of aromatic nitrogens is 2. The lowest BCUT2D eigenvalue weighted by molar-refractivity contribution is -0.146. The van der Waals surface area contributed by atoms with E-state index in [0.29, 0.717) is 30.4 Å². The molecule has 0 spiro atoms.